The fraction of sp³-hybridized carbons (Fsp3) is 0.917. The Labute approximate surface area is 103 Å². The highest BCUT2D eigenvalue weighted by Gasteiger charge is 2.18. The molecule has 0 spiro atoms. The fourth-order valence-electron chi connectivity index (χ4n) is 1.83. The van der Waals surface area contributed by atoms with Crippen LogP contribution in [-0.4, -0.2) is 64.5 Å². The van der Waals surface area contributed by atoms with E-state index in [1.165, 1.54) is 0 Å². The largest absolute Gasteiger partial charge is 0.382 e. The molecule has 1 fully saturated rings. The Balaban J connectivity index is 2.12. The van der Waals surface area contributed by atoms with Crippen LogP contribution in [0.1, 0.15) is 12.8 Å². The summed E-state index contributed by atoms with van der Waals surface area (Å²) >= 11 is 0. The molecule has 1 aliphatic rings. The zero-order valence-corrected chi connectivity index (χ0v) is 10.8. The van der Waals surface area contributed by atoms with Crippen molar-refractivity contribution in [2.45, 2.75) is 12.8 Å². The van der Waals surface area contributed by atoms with Gasteiger partial charge in [0.2, 0.25) is 5.91 Å². The van der Waals surface area contributed by atoms with Gasteiger partial charge >= 0.3 is 0 Å². The Kier molecular flexibility index (Phi) is 7.16. The van der Waals surface area contributed by atoms with Crippen LogP contribution in [0.2, 0.25) is 0 Å². The van der Waals surface area contributed by atoms with Crippen LogP contribution >= 0.6 is 0 Å². The molecular weight excluding hydrogens is 222 g/mol. The molecule has 5 heteroatoms. The van der Waals surface area contributed by atoms with Crippen LogP contribution in [0.15, 0.2) is 0 Å². The van der Waals surface area contributed by atoms with Crippen molar-refractivity contribution < 1.29 is 19.0 Å². The maximum absolute atomic E-state index is 11.7. The number of carbonyl (C=O) groups excluding carboxylic acids is 1. The van der Waals surface area contributed by atoms with Crippen LogP contribution in [0.4, 0.5) is 0 Å². The summed E-state index contributed by atoms with van der Waals surface area (Å²) in [5, 5.41) is 0. The van der Waals surface area contributed by atoms with E-state index >= 15 is 0 Å². The van der Waals surface area contributed by atoms with Crippen LogP contribution in [0.25, 0.3) is 0 Å². The van der Waals surface area contributed by atoms with E-state index < -0.39 is 0 Å². The lowest BCUT2D eigenvalue weighted by atomic mass is 10.00. The van der Waals surface area contributed by atoms with Crippen molar-refractivity contribution in [2.75, 3.05) is 53.7 Å². The molecule has 0 bridgehead atoms. The Morgan fingerprint density at radius 1 is 1.35 bits per heavy atom. The molecule has 1 rings (SSSR count). The average Bonchev–Trinajstić information content (AvgIpc) is 2.35. The molecule has 1 amide bonds. The lowest BCUT2D eigenvalue weighted by Crippen LogP contribution is -2.36. The van der Waals surface area contributed by atoms with E-state index in [-0.39, 0.29) is 12.5 Å². The second-order valence-electron chi connectivity index (χ2n) is 4.38. The molecule has 0 N–H and O–H groups in total. The topological polar surface area (TPSA) is 48.0 Å². The molecule has 0 unspecified atom stereocenters. The van der Waals surface area contributed by atoms with E-state index in [1.54, 1.807) is 12.0 Å². The first kappa shape index (κ1) is 14.4. The highest BCUT2D eigenvalue weighted by atomic mass is 16.5. The molecule has 0 saturated carbocycles. The van der Waals surface area contributed by atoms with Gasteiger partial charge in [0.25, 0.3) is 0 Å². The van der Waals surface area contributed by atoms with Crippen LogP contribution in [0, 0.1) is 5.92 Å². The minimum absolute atomic E-state index is 0.0348. The molecule has 1 aliphatic heterocycles. The number of methoxy groups -OCH3 is 1. The van der Waals surface area contributed by atoms with Gasteiger partial charge < -0.3 is 19.1 Å². The first-order valence-electron chi connectivity index (χ1n) is 6.12. The second kappa shape index (κ2) is 8.44. The van der Waals surface area contributed by atoms with Crippen molar-refractivity contribution in [1.82, 2.24) is 4.90 Å². The highest BCUT2D eigenvalue weighted by Crippen LogP contribution is 2.15. The Hall–Kier alpha value is -0.650. The Morgan fingerprint density at radius 2 is 2.06 bits per heavy atom. The van der Waals surface area contributed by atoms with Gasteiger partial charge in [-0.3, -0.25) is 4.79 Å². The molecule has 0 radical (unpaired) electrons. The Bertz CT molecular complexity index is 217. The normalized spacial score (nSPS) is 17.1. The van der Waals surface area contributed by atoms with E-state index in [9.17, 15) is 4.79 Å². The predicted octanol–water partition coefficient (Wildman–Crippen LogP) is 0.534. The quantitative estimate of drug-likeness (QED) is 0.614. The van der Waals surface area contributed by atoms with Crippen LogP contribution in [0.5, 0.6) is 0 Å². The molecule has 0 aromatic heterocycles. The first-order valence-corrected chi connectivity index (χ1v) is 6.12. The van der Waals surface area contributed by atoms with Gasteiger partial charge in [0.05, 0.1) is 13.2 Å². The number of carbonyl (C=O) groups is 1. The minimum atomic E-state index is 0.0348. The lowest BCUT2D eigenvalue weighted by molar-refractivity contribution is -0.136. The summed E-state index contributed by atoms with van der Waals surface area (Å²) in [6, 6.07) is 0. The fourth-order valence-corrected chi connectivity index (χ4v) is 1.83. The zero-order chi connectivity index (χ0) is 12.5. The van der Waals surface area contributed by atoms with E-state index in [4.69, 9.17) is 14.2 Å². The number of hydrogen-bond donors (Lipinski definition) is 0. The van der Waals surface area contributed by atoms with E-state index in [0.717, 1.165) is 32.6 Å². The summed E-state index contributed by atoms with van der Waals surface area (Å²) in [5.41, 5.74) is 0. The van der Waals surface area contributed by atoms with Crippen molar-refractivity contribution in [3.05, 3.63) is 0 Å². The van der Waals surface area contributed by atoms with Gasteiger partial charge in [-0.1, -0.05) is 0 Å². The van der Waals surface area contributed by atoms with Crippen LogP contribution in [-0.2, 0) is 19.0 Å². The highest BCUT2D eigenvalue weighted by molar-refractivity contribution is 5.77. The summed E-state index contributed by atoms with van der Waals surface area (Å²) in [6.07, 6.45) is 2.09. The third kappa shape index (κ3) is 6.00. The summed E-state index contributed by atoms with van der Waals surface area (Å²) in [7, 11) is 3.44. The van der Waals surface area contributed by atoms with Gasteiger partial charge in [0.1, 0.15) is 6.61 Å². The second-order valence-corrected chi connectivity index (χ2v) is 4.38. The van der Waals surface area contributed by atoms with Crippen molar-refractivity contribution in [3.63, 3.8) is 0 Å². The lowest BCUT2D eigenvalue weighted by Gasteiger charge is -2.27. The predicted molar refractivity (Wildman–Crippen MR) is 63.9 cm³/mol. The SMILES string of the molecule is COCCOCC(=O)N(C)CC1CCOCC1. The van der Waals surface area contributed by atoms with Crippen molar-refractivity contribution in [2.24, 2.45) is 5.92 Å². The molecule has 0 aliphatic carbocycles. The van der Waals surface area contributed by atoms with Crippen molar-refractivity contribution in [1.29, 1.82) is 0 Å². The van der Waals surface area contributed by atoms with Crippen LogP contribution < -0.4 is 0 Å². The first-order chi connectivity index (χ1) is 8.24. The molecule has 0 aromatic rings. The van der Waals surface area contributed by atoms with E-state index in [2.05, 4.69) is 0 Å². The van der Waals surface area contributed by atoms with Gasteiger partial charge in [-0.2, -0.15) is 0 Å². The molecule has 100 valence electrons. The number of likely N-dealkylation sites (N-methyl/N-ethyl adjacent to an activating group) is 1. The average molecular weight is 245 g/mol. The summed E-state index contributed by atoms with van der Waals surface area (Å²) in [4.78, 5) is 13.5. The molecule has 17 heavy (non-hydrogen) atoms. The van der Waals surface area contributed by atoms with Crippen LogP contribution in [0.3, 0.4) is 0 Å². The van der Waals surface area contributed by atoms with E-state index in [0.29, 0.717) is 19.1 Å². The standard InChI is InChI=1S/C12H23NO4/c1-13(9-11-3-5-16-6-4-11)12(14)10-17-8-7-15-2/h11H,3-10H2,1-2H3. The van der Waals surface area contributed by atoms with Gasteiger partial charge in [0.15, 0.2) is 0 Å². The molecular formula is C12H23NO4. The monoisotopic (exact) mass is 245 g/mol. The zero-order valence-electron chi connectivity index (χ0n) is 10.8. The maximum atomic E-state index is 11.7. The summed E-state index contributed by atoms with van der Waals surface area (Å²) in [6.45, 7) is 3.57. The third-order valence-electron chi connectivity index (χ3n) is 2.96. The number of ether oxygens (including phenoxy) is 3. The number of amides is 1. The summed E-state index contributed by atoms with van der Waals surface area (Å²) in [5.74, 6) is 0.601. The molecule has 1 heterocycles. The molecule has 1 saturated heterocycles. The van der Waals surface area contributed by atoms with Gasteiger partial charge in [-0.05, 0) is 18.8 Å². The van der Waals surface area contributed by atoms with Gasteiger partial charge in [-0.25, -0.2) is 0 Å². The summed E-state index contributed by atoms with van der Waals surface area (Å²) < 4.78 is 15.3. The molecule has 5 nitrogen and oxygen atoms in total. The number of rotatable bonds is 7. The number of nitrogens with zero attached hydrogens (tertiary/aromatic N) is 1. The maximum Gasteiger partial charge on any atom is 0.248 e. The Morgan fingerprint density at radius 3 is 2.71 bits per heavy atom. The van der Waals surface area contributed by atoms with Gasteiger partial charge in [-0.15, -0.1) is 0 Å². The smallest absolute Gasteiger partial charge is 0.248 e. The third-order valence-corrected chi connectivity index (χ3v) is 2.96. The minimum Gasteiger partial charge on any atom is -0.382 e. The molecule has 0 atom stereocenters. The number of hydrogen-bond acceptors (Lipinski definition) is 4. The molecule has 0 aromatic carbocycles. The van der Waals surface area contributed by atoms with Gasteiger partial charge in [0, 0.05) is 33.9 Å². The van der Waals surface area contributed by atoms with E-state index in [1.807, 2.05) is 7.05 Å². The van der Waals surface area contributed by atoms with Crippen molar-refractivity contribution >= 4 is 5.91 Å². The van der Waals surface area contributed by atoms with Crippen molar-refractivity contribution in [3.8, 4) is 0 Å².